The van der Waals surface area contributed by atoms with Crippen LogP contribution in [-0.2, 0) is 0 Å². The quantitative estimate of drug-likeness (QED) is 0.762. The first-order valence-electron chi connectivity index (χ1n) is 4.04. The molecule has 0 aliphatic carbocycles. The van der Waals surface area contributed by atoms with E-state index in [-0.39, 0.29) is 4.88 Å². The van der Waals surface area contributed by atoms with Crippen molar-refractivity contribution in [3.8, 4) is 5.75 Å². The number of anilines is 1. The average molecular weight is 231 g/mol. The van der Waals surface area contributed by atoms with Gasteiger partial charge in [-0.2, -0.15) is 0 Å². The van der Waals surface area contributed by atoms with Crippen molar-refractivity contribution >= 4 is 34.8 Å². The SMILES string of the molecule is CSc1sc(C(=O)O)c2c1NCCO2. The van der Waals surface area contributed by atoms with E-state index in [0.29, 0.717) is 12.4 Å². The Kier molecular flexibility index (Phi) is 2.56. The zero-order chi connectivity index (χ0) is 10.1. The van der Waals surface area contributed by atoms with Gasteiger partial charge in [0.05, 0.1) is 4.21 Å². The van der Waals surface area contributed by atoms with Crippen LogP contribution in [0.15, 0.2) is 4.21 Å². The Morgan fingerprint density at radius 2 is 2.50 bits per heavy atom. The zero-order valence-electron chi connectivity index (χ0n) is 7.49. The van der Waals surface area contributed by atoms with Crippen molar-refractivity contribution in [3.63, 3.8) is 0 Å². The Labute approximate surface area is 89.3 Å². The van der Waals surface area contributed by atoms with Crippen LogP contribution in [0.3, 0.4) is 0 Å². The predicted molar refractivity (Wildman–Crippen MR) is 57.0 cm³/mol. The molecule has 0 saturated carbocycles. The second-order valence-corrected chi connectivity index (χ2v) is 4.80. The molecule has 0 unspecified atom stereocenters. The molecule has 0 atom stereocenters. The highest BCUT2D eigenvalue weighted by molar-refractivity contribution is 8.00. The van der Waals surface area contributed by atoms with E-state index < -0.39 is 5.97 Å². The van der Waals surface area contributed by atoms with Crippen LogP contribution in [-0.4, -0.2) is 30.5 Å². The first-order valence-corrected chi connectivity index (χ1v) is 6.09. The summed E-state index contributed by atoms with van der Waals surface area (Å²) < 4.78 is 6.32. The highest BCUT2D eigenvalue weighted by Gasteiger charge is 2.25. The molecule has 76 valence electrons. The Hall–Kier alpha value is -0.880. The van der Waals surface area contributed by atoms with E-state index in [1.165, 1.54) is 23.1 Å². The monoisotopic (exact) mass is 231 g/mol. The summed E-state index contributed by atoms with van der Waals surface area (Å²) in [4.78, 5) is 11.2. The van der Waals surface area contributed by atoms with Crippen molar-refractivity contribution in [3.05, 3.63) is 4.88 Å². The number of carbonyl (C=O) groups is 1. The first-order chi connectivity index (χ1) is 6.74. The minimum Gasteiger partial charge on any atom is -0.488 e. The van der Waals surface area contributed by atoms with Crippen LogP contribution >= 0.6 is 23.1 Å². The predicted octanol–water partition coefficient (Wildman–Crippen LogP) is 1.97. The summed E-state index contributed by atoms with van der Waals surface area (Å²) >= 11 is 2.79. The number of thiophene rings is 1. The van der Waals surface area contributed by atoms with Gasteiger partial charge in [0, 0.05) is 6.54 Å². The number of carboxylic acid groups (broad SMARTS) is 1. The van der Waals surface area contributed by atoms with Crippen LogP contribution in [0.4, 0.5) is 5.69 Å². The van der Waals surface area contributed by atoms with E-state index in [2.05, 4.69) is 5.32 Å². The van der Waals surface area contributed by atoms with Crippen molar-refractivity contribution in [2.45, 2.75) is 4.21 Å². The Morgan fingerprint density at radius 3 is 3.14 bits per heavy atom. The molecule has 0 fully saturated rings. The number of ether oxygens (including phenoxy) is 1. The minimum atomic E-state index is -0.921. The molecule has 0 aromatic carbocycles. The molecule has 6 heteroatoms. The largest absolute Gasteiger partial charge is 0.488 e. The summed E-state index contributed by atoms with van der Waals surface area (Å²) in [6.07, 6.45) is 1.92. The molecule has 1 aromatic heterocycles. The summed E-state index contributed by atoms with van der Waals surface area (Å²) in [6.45, 7) is 1.26. The molecule has 14 heavy (non-hydrogen) atoms. The maximum atomic E-state index is 10.9. The Balaban J connectivity index is 2.52. The number of hydrogen-bond donors (Lipinski definition) is 2. The molecule has 2 N–H and O–H groups in total. The van der Waals surface area contributed by atoms with E-state index in [9.17, 15) is 4.79 Å². The fraction of sp³-hybridized carbons (Fsp3) is 0.375. The van der Waals surface area contributed by atoms with Crippen LogP contribution in [0.1, 0.15) is 9.67 Å². The Morgan fingerprint density at radius 1 is 1.71 bits per heavy atom. The third kappa shape index (κ3) is 1.44. The van der Waals surface area contributed by atoms with Gasteiger partial charge in [-0.15, -0.1) is 23.1 Å². The van der Waals surface area contributed by atoms with Crippen LogP contribution in [0.25, 0.3) is 0 Å². The van der Waals surface area contributed by atoms with Gasteiger partial charge in [-0.3, -0.25) is 0 Å². The van der Waals surface area contributed by atoms with Gasteiger partial charge in [-0.25, -0.2) is 4.79 Å². The molecule has 0 amide bonds. The van der Waals surface area contributed by atoms with Crippen LogP contribution in [0, 0.1) is 0 Å². The van der Waals surface area contributed by atoms with Gasteiger partial charge < -0.3 is 15.2 Å². The summed E-state index contributed by atoms with van der Waals surface area (Å²) in [7, 11) is 0. The van der Waals surface area contributed by atoms with Gasteiger partial charge in [-0.05, 0) is 6.26 Å². The van der Waals surface area contributed by atoms with E-state index in [1.54, 1.807) is 0 Å². The van der Waals surface area contributed by atoms with Gasteiger partial charge >= 0.3 is 5.97 Å². The van der Waals surface area contributed by atoms with Crippen molar-refractivity contribution < 1.29 is 14.6 Å². The molecule has 2 heterocycles. The molecule has 0 radical (unpaired) electrons. The van der Waals surface area contributed by atoms with Gasteiger partial charge in [0.25, 0.3) is 0 Å². The summed E-state index contributed by atoms with van der Waals surface area (Å²) in [5, 5.41) is 12.1. The molecule has 0 spiro atoms. The molecule has 1 aliphatic rings. The topological polar surface area (TPSA) is 58.6 Å². The van der Waals surface area contributed by atoms with Gasteiger partial charge in [0.2, 0.25) is 0 Å². The summed E-state index contributed by atoms with van der Waals surface area (Å²) in [5.74, 6) is -0.423. The number of nitrogens with one attached hydrogen (secondary N) is 1. The number of fused-ring (bicyclic) bond motifs is 1. The highest BCUT2D eigenvalue weighted by Crippen LogP contribution is 2.46. The standard InChI is InChI=1S/C8H9NO3S2/c1-13-8-4-5(12-3-2-9-4)6(14-8)7(10)11/h9H,2-3H2,1H3,(H,10,11). The smallest absolute Gasteiger partial charge is 0.349 e. The van der Waals surface area contributed by atoms with Gasteiger partial charge in [0.1, 0.15) is 12.3 Å². The van der Waals surface area contributed by atoms with Crippen molar-refractivity contribution in [1.29, 1.82) is 0 Å². The number of thioether (sulfide) groups is 1. The molecule has 0 bridgehead atoms. The lowest BCUT2D eigenvalue weighted by Crippen LogP contribution is -2.18. The average Bonchev–Trinajstić information content (AvgIpc) is 2.56. The maximum absolute atomic E-state index is 10.9. The van der Waals surface area contributed by atoms with Crippen molar-refractivity contribution in [2.75, 3.05) is 24.7 Å². The molecule has 1 aliphatic heterocycles. The second-order valence-electron chi connectivity index (χ2n) is 2.71. The zero-order valence-corrected chi connectivity index (χ0v) is 9.13. The van der Waals surface area contributed by atoms with E-state index in [0.717, 1.165) is 16.4 Å². The molecule has 1 aromatic rings. The molecule has 4 nitrogen and oxygen atoms in total. The normalized spacial score (nSPS) is 14.1. The second kappa shape index (κ2) is 3.70. The van der Waals surface area contributed by atoms with E-state index in [4.69, 9.17) is 9.84 Å². The van der Waals surface area contributed by atoms with Gasteiger partial charge in [0.15, 0.2) is 10.6 Å². The number of carboxylic acids is 1. The molecule has 0 saturated heterocycles. The Bertz CT molecular complexity index is 375. The lowest BCUT2D eigenvalue weighted by Gasteiger charge is -2.16. The first kappa shape index (κ1) is 9.67. The van der Waals surface area contributed by atoms with Crippen molar-refractivity contribution in [2.24, 2.45) is 0 Å². The maximum Gasteiger partial charge on any atom is 0.349 e. The number of rotatable bonds is 2. The third-order valence-corrected chi connectivity index (χ3v) is 4.14. The van der Waals surface area contributed by atoms with Crippen LogP contribution < -0.4 is 10.1 Å². The highest BCUT2D eigenvalue weighted by atomic mass is 32.2. The fourth-order valence-corrected chi connectivity index (χ4v) is 3.05. The van der Waals surface area contributed by atoms with Gasteiger partial charge in [-0.1, -0.05) is 0 Å². The molecular formula is C8H9NO3S2. The summed E-state index contributed by atoms with van der Waals surface area (Å²) in [5.41, 5.74) is 0.839. The fourth-order valence-electron chi connectivity index (χ4n) is 1.30. The summed E-state index contributed by atoms with van der Waals surface area (Å²) in [6, 6.07) is 0. The third-order valence-electron chi connectivity index (χ3n) is 1.86. The molecule has 2 rings (SSSR count). The molecular weight excluding hydrogens is 222 g/mol. The lowest BCUT2D eigenvalue weighted by atomic mass is 10.3. The lowest BCUT2D eigenvalue weighted by molar-refractivity contribution is 0.0698. The van der Waals surface area contributed by atoms with Crippen LogP contribution in [0.5, 0.6) is 5.75 Å². The minimum absolute atomic E-state index is 0.288. The number of aromatic carboxylic acids is 1. The van der Waals surface area contributed by atoms with Crippen LogP contribution in [0.2, 0.25) is 0 Å². The number of hydrogen-bond acceptors (Lipinski definition) is 5. The van der Waals surface area contributed by atoms with E-state index in [1.807, 2.05) is 6.26 Å². The van der Waals surface area contributed by atoms with E-state index >= 15 is 0 Å². The van der Waals surface area contributed by atoms with Crippen molar-refractivity contribution in [1.82, 2.24) is 0 Å².